The number of aromatic nitrogens is 2. The first-order valence-corrected chi connectivity index (χ1v) is 9.78. The Labute approximate surface area is 173 Å². The minimum Gasteiger partial charge on any atom is -0.298 e. The molecule has 1 aliphatic rings. The lowest BCUT2D eigenvalue weighted by Gasteiger charge is -2.16. The first kappa shape index (κ1) is 18.6. The van der Waals surface area contributed by atoms with Crippen LogP contribution in [0.15, 0.2) is 72.9 Å². The molecular weight excluding hydrogens is 380 g/mol. The lowest BCUT2D eigenvalue weighted by atomic mass is 9.90. The Hall–Kier alpha value is -3.44. The highest BCUT2D eigenvalue weighted by molar-refractivity contribution is 5.90. The molecular formula is C25H19F2N3. The maximum absolute atomic E-state index is 15.5. The van der Waals surface area contributed by atoms with Crippen LogP contribution < -0.4 is 0 Å². The molecule has 0 saturated carbocycles. The summed E-state index contributed by atoms with van der Waals surface area (Å²) >= 11 is 0. The lowest BCUT2D eigenvalue weighted by Crippen LogP contribution is -2.16. The fourth-order valence-electron chi connectivity index (χ4n) is 4.05. The highest BCUT2D eigenvalue weighted by Crippen LogP contribution is 2.35. The standard InChI is InChI=1S/C25H19F2N3/c1-30-10-8-22(17-5-4-16-6-7-21(26)13-18(16)11-17)25-20(15-30)12-19(14-23(25)27)24-3-2-9-28-29-24/h2-9,11-14H,10,15H2,1H3. The summed E-state index contributed by atoms with van der Waals surface area (Å²) in [5, 5.41) is 9.78. The van der Waals surface area contributed by atoms with Crippen molar-refractivity contribution in [3.8, 4) is 11.3 Å². The van der Waals surface area contributed by atoms with Gasteiger partial charge in [-0.3, -0.25) is 4.90 Å². The van der Waals surface area contributed by atoms with Gasteiger partial charge in [-0.2, -0.15) is 10.2 Å². The molecule has 0 spiro atoms. The summed E-state index contributed by atoms with van der Waals surface area (Å²) in [6, 6.07) is 17.7. The van der Waals surface area contributed by atoms with Crippen LogP contribution in [0.25, 0.3) is 27.6 Å². The van der Waals surface area contributed by atoms with Gasteiger partial charge in [0, 0.05) is 30.4 Å². The molecule has 1 aromatic heterocycles. The van der Waals surface area contributed by atoms with Gasteiger partial charge in [-0.25, -0.2) is 8.78 Å². The second kappa shape index (κ2) is 7.43. The molecule has 4 aromatic rings. The molecule has 1 aliphatic heterocycles. The van der Waals surface area contributed by atoms with E-state index < -0.39 is 0 Å². The third-order valence-corrected chi connectivity index (χ3v) is 5.47. The van der Waals surface area contributed by atoms with Gasteiger partial charge in [0.1, 0.15) is 11.6 Å². The summed E-state index contributed by atoms with van der Waals surface area (Å²) in [6.45, 7) is 1.30. The van der Waals surface area contributed by atoms with Crippen molar-refractivity contribution in [2.75, 3.05) is 13.6 Å². The van der Waals surface area contributed by atoms with E-state index in [0.717, 1.165) is 27.5 Å². The Kier molecular flexibility index (Phi) is 4.60. The predicted molar refractivity (Wildman–Crippen MR) is 115 cm³/mol. The van der Waals surface area contributed by atoms with Gasteiger partial charge < -0.3 is 0 Å². The van der Waals surface area contributed by atoms with Gasteiger partial charge in [-0.15, -0.1) is 0 Å². The second-order valence-electron chi connectivity index (χ2n) is 7.62. The van der Waals surface area contributed by atoms with Crippen LogP contribution >= 0.6 is 0 Å². The Morgan fingerprint density at radius 3 is 2.60 bits per heavy atom. The predicted octanol–water partition coefficient (Wildman–Crippen LogP) is 5.45. The molecule has 3 aromatic carbocycles. The minimum atomic E-state index is -0.297. The fourth-order valence-corrected chi connectivity index (χ4v) is 4.05. The van der Waals surface area contributed by atoms with E-state index in [2.05, 4.69) is 15.1 Å². The Morgan fingerprint density at radius 1 is 0.900 bits per heavy atom. The monoisotopic (exact) mass is 399 g/mol. The molecule has 5 rings (SSSR count). The van der Waals surface area contributed by atoms with E-state index in [0.29, 0.717) is 29.9 Å². The van der Waals surface area contributed by atoms with Gasteiger partial charge in [0.05, 0.1) is 5.69 Å². The van der Waals surface area contributed by atoms with Crippen molar-refractivity contribution < 1.29 is 8.78 Å². The summed E-state index contributed by atoms with van der Waals surface area (Å²) in [6.07, 6.45) is 3.64. The maximum Gasteiger partial charge on any atom is 0.132 e. The number of likely N-dealkylation sites (N-methyl/N-ethyl adjacent to an activating group) is 1. The molecule has 0 radical (unpaired) electrons. The van der Waals surface area contributed by atoms with Crippen molar-refractivity contribution in [2.45, 2.75) is 6.54 Å². The number of hydrogen-bond acceptors (Lipinski definition) is 3. The molecule has 0 saturated heterocycles. The molecule has 0 atom stereocenters. The highest BCUT2D eigenvalue weighted by Gasteiger charge is 2.21. The minimum absolute atomic E-state index is 0.283. The quantitative estimate of drug-likeness (QED) is 0.449. The van der Waals surface area contributed by atoms with Crippen LogP contribution in [-0.2, 0) is 6.54 Å². The van der Waals surface area contributed by atoms with Gasteiger partial charge in [0.2, 0.25) is 0 Å². The molecule has 30 heavy (non-hydrogen) atoms. The van der Waals surface area contributed by atoms with Crippen molar-refractivity contribution >= 4 is 16.3 Å². The van der Waals surface area contributed by atoms with E-state index in [1.165, 1.54) is 18.2 Å². The van der Waals surface area contributed by atoms with Crippen LogP contribution in [0.3, 0.4) is 0 Å². The van der Waals surface area contributed by atoms with Crippen LogP contribution in [0.4, 0.5) is 8.78 Å². The van der Waals surface area contributed by atoms with E-state index >= 15 is 4.39 Å². The third kappa shape index (κ3) is 3.37. The molecule has 0 N–H and O–H groups in total. The molecule has 0 bridgehead atoms. The first-order chi connectivity index (χ1) is 14.6. The number of halogens is 2. The van der Waals surface area contributed by atoms with Crippen LogP contribution in [0.5, 0.6) is 0 Å². The van der Waals surface area contributed by atoms with E-state index in [4.69, 9.17) is 0 Å². The first-order valence-electron chi connectivity index (χ1n) is 9.78. The highest BCUT2D eigenvalue weighted by atomic mass is 19.1. The summed E-state index contributed by atoms with van der Waals surface area (Å²) in [4.78, 5) is 2.13. The van der Waals surface area contributed by atoms with Crippen molar-refractivity contribution in [1.29, 1.82) is 0 Å². The normalized spacial score (nSPS) is 14.3. The lowest BCUT2D eigenvalue weighted by molar-refractivity contribution is 0.365. The van der Waals surface area contributed by atoms with Gasteiger partial charge in [0.25, 0.3) is 0 Å². The van der Waals surface area contributed by atoms with Gasteiger partial charge in [-0.05, 0) is 77.0 Å². The van der Waals surface area contributed by atoms with Crippen molar-refractivity contribution in [3.05, 3.63) is 101 Å². The smallest absolute Gasteiger partial charge is 0.132 e. The Bertz CT molecular complexity index is 1280. The van der Waals surface area contributed by atoms with Crippen LogP contribution in [0.2, 0.25) is 0 Å². The van der Waals surface area contributed by atoms with Gasteiger partial charge in [-0.1, -0.05) is 24.3 Å². The molecule has 0 fully saturated rings. The average molecular weight is 399 g/mol. The number of rotatable bonds is 2. The zero-order valence-electron chi connectivity index (χ0n) is 16.4. The van der Waals surface area contributed by atoms with Gasteiger partial charge in [0.15, 0.2) is 0 Å². The molecule has 2 heterocycles. The third-order valence-electron chi connectivity index (χ3n) is 5.47. The maximum atomic E-state index is 15.5. The van der Waals surface area contributed by atoms with E-state index in [9.17, 15) is 4.39 Å². The number of benzene rings is 3. The van der Waals surface area contributed by atoms with Crippen molar-refractivity contribution in [1.82, 2.24) is 15.1 Å². The molecule has 0 unspecified atom stereocenters. The molecule has 5 heteroatoms. The zero-order chi connectivity index (χ0) is 20.7. The van der Waals surface area contributed by atoms with Crippen LogP contribution in [0.1, 0.15) is 16.7 Å². The molecule has 148 valence electrons. The summed E-state index contributed by atoms with van der Waals surface area (Å²) < 4.78 is 29.2. The Morgan fingerprint density at radius 2 is 1.77 bits per heavy atom. The SMILES string of the molecule is CN1CC=C(c2ccc3ccc(F)cc3c2)c2c(F)cc(-c3cccnn3)cc2C1. The largest absolute Gasteiger partial charge is 0.298 e. The van der Waals surface area contributed by atoms with Crippen molar-refractivity contribution in [3.63, 3.8) is 0 Å². The van der Waals surface area contributed by atoms with Crippen LogP contribution in [-0.4, -0.2) is 28.7 Å². The topological polar surface area (TPSA) is 29.0 Å². The summed E-state index contributed by atoms with van der Waals surface area (Å²) in [7, 11) is 2.01. The number of fused-ring (bicyclic) bond motifs is 2. The summed E-state index contributed by atoms with van der Waals surface area (Å²) in [5.41, 5.74) is 4.51. The van der Waals surface area contributed by atoms with Crippen LogP contribution in [0, 0.1) is 11.6 Å². The average Bonchev–Trinajstić information content (AvgIpc) is 2.92. The zero-order valence-corrected chi connectivity index (χ0v) is 16.4. The van der Waals surface area contributed by atoms with E-state index in [1.807, 2.05) is 43.5 Å². The summed E-state index contributed by atoms with van der Waals surface area (Å²) in [5.74, 6) is -0.580. The molecule has 0 amide bonds. The fraction of sp³-hybridized carbons (Fsp3) is 0.120. The van der Waals surface area contributed by atoms with E-state index in [-0.39, 0.29) is 11.6 Å². The van der Waals surface area contributed by atoms with Gasteiger partial charge >= 0.3 is 0 Å². The molecule has 3 nitrogen and oxygen atoms in total. The second-order valence-corrected chi connectivity index (χ2v) is 7.62. The number of nitrogens with zero attached hydrogens (tertiary/aromatic N) is 3. The van der Waals surface area contributed by atoms with E-state index in [1.54, 1.807) is 18.3 Å². The van der Waals surface area contributed by atoms with Crippen molar-refractivity contribution in [2.24, 2.45) is 0 Å². The Balaban J connectivity index is 1.68. The molecule has 0 aliphatic carbocycles. The number of hydrogen-bond donors (Lipinski definition) is 0.